The first-order valence-electron chi connectivity index (χ1n) is 8.10. The summed E-state index contributed by atoms with van der Waals surface area (Å²) in [5, 5.41) is 0. The number of hydrogen-bond donors (Lipinski definition) is 1. The van der Waals surface area contributed by atoms with E-state index in [4.69, 9.17) is 10.5 Å². The SMILES string of the molecule is CC(C)c1ccc2c(c1)C(CN)(CCN(C)C)CCCO2. The van der Waals surface area contributed by atoms with E-state index >= 15 is 0 Å². The van der Waals surface area contributed by atoms with Gasteiger partial charge in [0, 0.05) is 17.5 Å². The Morgan fingerprint density at radius 2 is 2.10 bits per heavy atom. The van der Waals surface area contributed by atoms with Gasteiger partial charge in [-0.3, -0.25) is 0 Å². The molecular formula is C18H30N2O. The van der Waals surface area contributed by atoms with Gasteiger partial charge in [0.2, 0.25) is 0 Å². The molecule has 1 atom stereocenters. The molecule has 0 bridgehead atoms. The van der Waals surface area contributed by atoms with Gasteiger partial charge in [0.15, 0.2) is 0 Å². The highest BCUT2D eigenvalue weighted by atomic mass is 16.5. The standard InChI is InChI=1S/C18H30N2O/c1-14(2)15-6-7-17-16(12-15)18(13-19,8-5-11-21-17)9-10-20(3)4/h6-7,12,14H,5,8-11,13,19H2,1-4H3. The van der Waals surface area contributed by atoms with Crippen molar-refractivity contribution in [3.63, 3.8) is 0 Å². The Bertz CT molecular complexity index is 470. The van der Waals surface area contributed by atoms with Crippen LogP contribution in [-0.2, 0) is 5.41 Å². The lowest BCUT2D eigenvalue weighted by molar-refractivity contribution is 0.290. The van der Waals surface area contributed by atoms with Crippen LogP contribution in [0.15, 0.2) is 18.2 Å². The number of nitrogens with zero attached hydrogens (tertiary/aromatic N) is 1. The Morgan fingerprint density at radius 3 is 2.71 bits per heavy atom. The Balaban J connectivity index is 2.44. The number of fused-ring (bicyclic) bond motifs is 1. The van der Waals surface area contributed by atoms with E-state index in [0.29, 0.717) is 12.5 Å². The number of hydrogen-bond acceptors (Lipinski definition) is 3. The van der Waals surface area contributed by atoms with Crippen molar-refractivity contribution >= 4 is 0 Å². The molecule has 1 aliphatic heterocycles. The third kappa shape index (κ3) is 3.58. The molecule has 1 aromatic carbocycles. The smallest absolute Gasteiger partial charge is 0.123 e. The van der Waals surface area contributed by atoms with Crippen LogP contribution < -0.4 is 10.5 Å². The second kappa shape index (κ2) is 6.80. The van der Waals surface area contributed by atoms with Crippen molar-refractivity contribution in [2.45, 2.75) is 44.4 Å². The zero-order valence-electron chi connectivity index (χ0n) is 14.0. The molecule has 2 N–H and O–H groups in total. The van der Waals surface area contributed by atoms with Crippen LogP contribution in [-0.4, -0.2) is 38.7 Å². The fourth-order valence-electron chi connectivity index (χ4n) is 3.19. The van der Waals surface area contributed by atoms with Gasteiger partial charge in [0.25, 0.3) is 0 Å². The minimum absolute atomic E-state index is 0.0566. The molecule has 0 saturated carbocycles. The molecule has 1 heterocycles. The summed E-state index contributed by atoms with van der Waals surface area (Å²) >= 11 is 0. The van der Waals surface area contributed by atoms with Crippen molar-refractivity contribution in [1.29, 1.82) is 0 Å². The van der Waals surface area contributed by atoms with E-state index in [1.807, 2.05) is 0 Å². The average molecular weight is 290 g/mol. The molecule has 0 saturated heterocycles. The van der Waals surface area contributed by atoms with Gasteiger partial charge in [-0.15, -0.1) is 0 Å². The molecule has 0 amide bonds. The number of ether oxygens (including phenoxy) is 1. The van der Waals surface area contributed by atoms with Gasteiger partial charge >= 0.3 is 0 Å². The first-order valence-corrected chi connectivity index (χ1v) is 8.10. The summed E-state index contributed by atoms with van der Waals surface area (Å²) < 4.78 is 5.98. The lowest BCUT2D eigenvalue weighted by Gasteiger charge is -2.34. The molecule has 0 aliphatic carbocycles. The summed E-state index contributed by atoms with van der Waals surface area (Å²) in [4.78, 5) is 2.25. The monoisotopic (exact) mass is 290 g/mol. The third-order valence-electron chi connectivity index (χ3n) is 4.73. The zero-order valence-corrected chi connectivity index (χ0v) is 14.0. The molecular weight excluding hydrogens is 260 g/mol. The Morgan fingerprint density at radius 1 is 1.33 bits per heavy atom. The van der Waals surface area contributed by atoms with E-state index < -0.39 is 0 Å². The fraction of sp³-hybridized carbons (Fsp3) is 0.667. The molecule has 0 radical (unpaired) electrons. The number of nitrogens with two attached hydrogens (primary N) is 1. The van der Waals surface area contributed by atoms with Crippen LogP contribution in [0.1, 0.15) is 50.2 Å². The van der Waals surface area contributed by atoms with Gasteiger partial charge in [-0.1, -0.05) is 26.0 Å². The van der Waals surface area contributed by atoms with Gasteiger partial charge in [-0.05, 0) is 57.5 Å². The molecule has 3 heteroatoms. The number of benzene rings is 1. The van der Waals surface area contributed by atoms with Crippen molar-refractivity contribution in [3.05, 3.63) is 29.3 Å². The van der Waals surface area contributed by atoms with Crippen molar-refractivity contribution < 1.29 is 4.74 Å². The van der Waals surface area contributed by atoms with E-state index in [9.17, 15) is 0 Å². The minimum Gasteiger partial charge on any atom is -0.493 e. The van der Waals surface area contributed by atoms with E-state index in [0.717, 1.165) is 38.2 Å². The summed E-state index contributed by atoms with van der Waals surface area (Å²) in [7, 11) is 4.26. The topological polar surface area (TPSA) is 38.5 Å². The van der Waals surface area contributed by atoms with Crippen molar-refractivity contribution in [2.24, 2.45) is 5.73 Å². The maximum Gasteiger partial charge on any atom is 0.123 e. The first-order chi connectivity index (χ1) is 9.98. The van der Waals surface area contributed by atoms with Crippen LogP contribution >= 0.6 is 0 Å². The maximum absolute atomic E-state index is 6.26. The molecule has 0 fully saturated rings. The highest BCUT2D eigenvalue weighted by Gasteiger charge is 2.35. The largest absolute Gasteiger partial charge is 0.493 e. The van der Waals surface area contributed by atoms with E-state index in [-0.39, 0.29) is 5.41 Å². The average Bonchev–Trinajstić information content (AvgIpc) is 2.64. The van der Waals surface area contributed by atoms with Crippen LogP contribution in [0.3, 0.4) is 0 Å². The summed E-state index contributed by atoms with van der Waals surface area (Å²) in [6.45, 7) is 7.03. The second-order valence-electron chi connectivity index (χ2n) is 6.90. The van der Waals surface area contributed by atoms with Gasteiger partial charge in [-0.25, -0.2) is 0 Å². The van der Waals surface area contributed by atoms with E-state index in [1.165, 1.54) is 11.1 Å². The molecule has 0 spiro atoms. The van der Waals surface area contributed by atoms with Gasteiger partial charge in [0.05, 0.1) is 6.61 Å². The first kappa shape index (κ1) is 16.3. The summed E-state index contributed by atoms with van der Waals surface area (Å²) in [5.74, 6) is 1.57. The molecule has 1 aliphatic rings. The molecule has 0 aromatic heterocycles. The summed E-state index contributed by atoms with van der Waals surface area (Å²) in [6, 6.07) is 6.69. The molecule has 3 nitrogen and oxygen atoms in total. The Labute approximate surface area is 129 Å². The Hall–Kier alpha value is -1.06. The molecule has 118 valence electrons. The lowest BCUT2D eigenvalue weighted by Crippen LogP contribution is -2.38. The van der Waals surface area contributed by atoms with Gasteiger partial charge < -0.3 is 15.4 Å². The van der Waals surface area contributed by atoms with Crippen LogP contribution in [0, 0.1) is 0 Å². The van der Waals surface area contributed by atoms with Crippen molar-refractivity contribution in [3.8, 4) is 5.75 Å². The third-order valence-corrected chi connectivity index (χ3v) is 4.73. The Kier molecular flexibility index (Phi) is 5.28. The highest BCUT2D eigenvalue weighted by molar-refractivity contribution is 5.44. The predicted molar refractivity (Wildman–Crippen MR) is 89.2 cm³/mol. The maximum atomic E-state index is 6.26. The lowest BCUT2D eigenvalue weighted by atomic mass is 9.73. The zero-order chi connectivity index (χ0) is 15.5. The molecule has 1 unspecified atom stereocenters. The van der Waals surface area contributed by atoms with Crippen LogP contribution in [0.5, 0.6) is 5.75 Å². The summed E-state index contributed by atoms with van der Waals surface area (Å²) in [5.41, 5.74) is 9.02. The molecule has 1 aromatic rings. The fourth-order valence-corrected chi connectivity index (χ4v) is 3.19. The normalized spacial score (nSPS) is 22.0. The quantitative estimate of drug-likeness (QED) is 0.905. The van der Waals surface area contributed by atoms with Crippen LogP contribution in [0.25, 0.3) is 0 Å². The minimum atomic E-state index is 0.0566. The second-order valence-corrected chi connectivity index (χ2v) is 6.90. The van der Waals surface area contributed by atoms with Crippen LogP contribution in [0.2, 0.25) is 0 Å². The van der Waals surface area contributed by atoms with Crippen molar-refractivity contribution in [1.82, 2.24) is 4.90 Å². The van der Waals surface area contributed by atoms with Crippen molar-refractivity contribution in [2.75, 3.05) is 33.8 Å². The molecule has 21 heavy (non-hydrogen) atoms. The van der Waals surface area contributed by atoms with E-state index in [1.54, 1.807) is 0 Å². The van der Waals surface area contributed by atoms with Gasteiger partial charge in [-0.2, -0.15) is 0 Å². The highest BCUT2D eigenvalue weighted by Crippen LogP contribution is 2.41. The van der Waals surface area contributed by atoms with E-state index in [2.05, 4.69) is 51.0 Å². The van der Waals surface area contributed by atoms with Crippen LogP contribution in [0.4, 0.5) is 0 Å². The molecule has 2 rings (SSSR count). The number of rotatable bonds is 5. The predicted octanol–water partition coefficient (Wildman–Crippen LogP) is 3.13. The summed E-state index contributed by atoms with van der Waals surface area (Å²) in [6.07, 6.45) is 3.29. The van der Waals surface area contributed by atoms with Gasteiger partial charge in [0.1, 0.15) is 5.75 Å².